The maximum absolute atomic E-state index is 13.1. The lowest BCUT2D eigenvalue weighted by Crippen LogP contribution is -2.22. The number of esters is 1. The molecule has 10 heteroatoms. The van der Waals surface area contributed by atoms with E-state index in [1.807, 2.05) is 19.9 Å². The second-order valence-electron chi connectivity index (χ2n) is 6.76. The van der Waals surface area contributed by atoms with Crippen LogP contribution in [0.5, 0.6) is 11.5 Å². The Kier molecular flexibility index (Phi) is 8.62. The largest absolute Gasteiger partial charge is 0.490 e. The third kappa shape index (κ3) is 6.00. The molecule has 0 radical (unpaired) electrons. The average molecular weight is 581 g/mol. The Hall–Kier alpha value is -2.72. The van der Waals surface area contributed by atoms with Gasteiger partial charge in [-0.15, -0.1) is 0 Å². The Morgan fingerprint density at radius 3 is 2.61 bits per heavy atom. The van der Waals surface area contributed by atoms with Gasteiger partial charge in [0, 0.05) is 10.9 Å². The smallest absolute Gasteiger partial charge is 0.344 e. The minimum atomic E-state index is -0.473. The first-order valence-electron chi connectivity index (χ1n) is 10.4. The molecular formula is C23H23Br2N3O5. The van der Waals surface area contributed by atoms with E-state index in [1.165, 1.54) is 4.68 Å². The standard InChI is InChI=1S/C23H23Br2N3O5/c1-4-20-27-18-8-7-15(24)11-16(18)23(30)28(20)26-12-14-9-17(25)22(19(10-14)31-5-2)33-13-21(29)32-6-3/h7-12H,4-6,13H2,1-3H3. The van der Waals surface area contributed by atoms with Crippen LogP contribution in [0.4, 0.5) is 0 Å². The zero-order chi connectivity index (χ0) is 24.0. The van der Waals surface area contributed by atoms with E-state index in [-0.39, 0.29) is 18.8 Å². The Bertz CT molecular complexity index is 1260. The summed E-state index contributed by atoms with van der Waals surface area (Å²) in [7, 11) is 0. The number of hydrogen-bond donors (Lipinski definition) is 0. The monoisotopic (exact) mass is 579 g/mol. The van der Waals surface area contributed by atoms with Crippen LogP contribution in [0, 0.1) is 0 Å². The molecule has 2 aromatic carbocycles. The average Bonchev–Trinajstić information content (AvgIpc) is 2.78. The van der Waals surface area contributed by atoms with E-state index in [9.17, 15) is 9.59 Å². The Labute approximate surface area is 207 Å². The molecule has 0 fully saturated rings. The molecule has 0 unspecified atom stereocenters. The molecule has 0 bridgehead atoms. The second-order valence-corrected chi connectivity index (χ2v) is 8.53. The number of benzene rings is 2. The molecule has 0 aliphatic heterocycles. The molecule has 33 heavy (non-hydrogen) atoms. The van der Waals surface area contributed by atoms with Gasteiger partial charge >= 0.3 is 5.97 Å². The number of halogens is 2. The molecule has 8 nitrogen and oxygen atoms in total. The molecule has 1 heterocycles. The highest BCUT2D eigenvalue weighted by molar-refractivity contribution is 9.10. The van der Waals surface area contributed by atoms with E-state index in [0.29, 0.717) is 51.3 Å². The molecule has 3 rings (SSSR count). The number of carbonyl (C=O) groups is 1. The van der Waals surface area contributed by atoms with Crippen LogP contribution in [0.25, 0.3) is 10.9 Å². The summed E-state index contributed by atoms with van der Waals surface area (Å²) in [5.74, 6) is 0.885. The van der Waals surface area contributed by atoms with Crippen LogP contribution >= 0.6 is 31.9 Å². The lowest BCUT2D eigenvalue weighted by molar-refractivity contribution is -0.145. The van der Waals surface area contributed by atoms with Gasteiger partial charge in [-0.3, -0.25) is 4.79 Å². The summed E-state index contributed by atoms with van der Waals surface area (Å²) in [6, 6.07) is 8.86. The quantitative estimate of drug-likeness (QED) is 0.269. The Morgan fingerprint density at radius 2 is 1.91 bits per heavy atom. The van der Waals surface area contributed by atoms with Crippen molar-refractivity contribution >= 4 is 54.9 Å². The predicted octanol–water partition coefficient (Wildman–Crippen LogP) is 4.71. The molecule has 1 aromatic heterocycles. The molecule has 3 aromatic rings. The first kappa shape index (κ1) is 24.9. The molecule has 0 spiro atoms. The van der Waals surface area contributed by atoms with Gasteiger partial charge in [0.05, 0.1) is 34.8 Å². The zero-order valence-electron chi connectivity index (χ0n) is 18.4. The number of aryl methyl sites for hydroxylation is 1. The summed E-state index contributed by atoms with van der Waals surface area (Å²) in [5, 5.41) is 4.88. The lowest BCUT2D eigenvalue weighted by atomic mass is 10.2. The van der Waals surface area contributed by atoms with Gasteiger partial charge in [0.1, 0.15) is 5.82 Å². The third-order valence-corrected chi connectivity index (χ3v) is 5.57. The van der Waals surface area contributed by atoms with Gasteiger partial charge in [0.15, 0.2) is 18.1 Å². The fraction of sp³-hybridized carbons (Fsp3) is 0.304. The first-order chi connectivity index (χ1) is 15.9. The predicted molar refractivity (Wildman–Crippen MR) is 134 cm³/mol. The van der Waals surface area contributed by atoms with E-state index in [1.54, 1.807) is 37.4 Å². The number of nitrogens with zero attached hydrogens (tertiary/aromatic N) is 3. The number of ether oxygens (including phenoxy) is 3. The van der Waals surface area contributed by atoms with E-state index in [0.717, 1.165) is 4.47 Å². The summed E-state index contributed by atoms with van der Waals surface area (Å²) in [4.78, 5) is 29.3. The summed E-state index contributed by atoms with van der Waals surface area (Å²) >= 11 is 6.86. The molecule has 0 saturated heterocycles. The van der Waals surface area contributed by atoms with Crippen molar-refractivity contribution in [3.8, 4) is 11.5 Å². The maximum Gasteiger partial charge on any atom is 0.344 e. The lowest BCUT2D eigenvalue weighted by Gasteiger charge is -2.14. The Morgan fingerprint density at radius 1 is 1.12 bits per heavy atom. The van der Waals surface area contributed by atoms with Crippen LogP contribution in [-0.2, 0) is 16.0 Å². The highest BCUT2D eigenvalue weighted by Gasteiger charge is 2.15. The van der Waals surface area contributed by atoms with Crippen molar-refractivity contribution in [3.05, 3.63) is 61.0 Å². The van der Waals surface area contributed by atoms with Crippen LogP contribution in [0.3, 0.4) is 0 Å². The summed E-state index contributed by atoms with van der Waals surface area (Å²) in [6.45, 7) is 5.91. The fourth-order valence-corrected chi connectivity index (χ4v) is 4.00. The third-order valence-electron chi connectivity index (χ3n) is 4.49. The second kappa shape index (κ2) is 11.4. The zero-order valence-corrected chi connectivity index (χ0v) is 21.6. The van der Waals surface area contributed by atoms with Gasteiger partial charge in [-0.25, -0.2) is 9.78 Å². The molecule has 0 aliphatic rings. The molecule has 0 N–H and O–H groups in total. The van der Waals surface area contributed by atoms with Gasteiger partial charge in [-0.1, -0.05) is 22.9 Å². The first-order valence-corrected chi connectivity index (χ1v) is 12.0. The number of carbonyl (C=O) groups excluding carboxylic acids is 1. The van der Waals surface area contributed by atoms with Gasteiger partial charge in [-0.05, 0) is 65.7 Å². The normalized spacial score (nSPS) is 11.2. The van der Waals surface area contributed by atoms with Crippen molar-refractivity contribution in [1.29, 1.82) is 0 Å². The van der Waals surface area contributed by atoms with Crippen molar-refractivity contribution < 1.29 is 19.0 Å². The minimum absolute atomic E-state index is 0.243. The fourth-order valence-electron chi connectivity index (χ4n) is 3.07. The number of aromatic nitrogens is 2. The topological polar surface area (TPSA) is 92.0 Å². The highest BCUT2D eigenvalue weighted by Crippen LogP contribution is 2.36. The summed E-state index contributed by atoms with van der Waals surface area (Å²) in [5.41, 5.74) is 1.03. The molecular weight excluding hydrogens is 558 g/mol. The van der Waals surface area contributed by atoms with E-state index < -0.39 is 5.97 Å². The van der Waals surface area contributed by atoms with Crippen LogP contribution < -0.4 is 15.0 Å². The SMILES string of the molecule is CCOC(=O)COc1c(Br)cc(C=Nn2c(CC)nc3ccc(Br)cc3c2=O)cc1OCC. The van der Waals surface area contributed by atoms with Crippen molar-refractivity contribution in [3.63, 3.8) is 0 Å². The van der Waals surface area contributed by atoms with Crippen LogP contribution in [0.15, 0.2) is 49.2 Å². The van der Waals surface area contributed by atoms with E-state index in [2.05, 4.69) is 41.9 Å². The van der Waals surface area contributed by atoms with Crippen LogP contribution in [0.2, 0.25) is 0 Å². The van der Waals surface area contributed by atoms with Crippen molar-refractivity contribution in [2.75, 3.05) is 19.8 Å². The van der Waals surface area contributed by atoms with Crippen molar-refractivity contribution in [2.24, 2.45) is 5.10 Å². The number of rotatable bonds is 9. The summed E-state index contributed by atoms with van der Waals surface area (Å²) in [6.07, 6.45) is 2.08. The van der Waals surface area contributed by atoms with E-state index in [4.69, 9.17) is 14.2 Å². The maximum atomic E-state index is 13.1. The van der Waals surface area contributed by atoms with Crippen LogP contribution in [-0.4, -0.2) is 41.7 Å². The molecule has 0 amide bonds. The van der Waals surface area contributed by atoms with Gasteiger partial charge in [0.2, 0.25) is 0 Å². The number of fused-ring (bicyclic) bond motifs is 1. The van der Waals surface area contributed by atoms with Gasteiger partial charge < -0.3 is 14.2 Å². The molecule has 0 aliphatic carbocycles. The molecule has 174 valence electrons. The molecule has 0 atom stereocenters. The van der Waals surface area contributed by atoms with Crippen LogP contribution in [0.1, 0.15) is 32.2 Å². The van der Waals surface area contributed by atoms with Gasteiger partial charge in [0.25, 0.3) is 5.56 Å². The van der Waals surface area contributed by atoms with Crippen molar-refractivity contribution in [1.82, 2.24) is 9.66 Å². The number of hydrogen-bond acceptors (Lipinski definition) is 7. The Balaban J connectivity index is 1.98. The highest BCUT2D eigenvalue weighted by atomic mass is 79.9. The van der Waals surface area contributed by atoms with Crippen molar-refractivity contribution in [2.45, 2.75) is 27.2 Å². The molecule has 0 saturated carbocycles. The minimum Gasteiger partial charge on any atom is -0.490 e. The van der Waals surface area contributed by atoms with Gasteiger partial charge in [-0.2, -0.15) is 9.78 Å². The summed E-state index contributed by atoms with van der Waals surface area (Å²) < 4.78 is 18.9. The van der Waals surface area contributed by atoms with E-state index >= 15 is 0 Å².